The molecular formula is C36H28N4. The van der Waals surface area contributed by atoms with Crippen LogP contribution in [0.15, 0.2) is 97.1 Å². The molecule has 0 fully saturated rings. The quantitative estimate of drug-likeness (QED) is 0.157. The lowest BCUT2D eigenvalue weighted by Gasteiger charge is -2.06. The Bertz CT molecular complexity index is 2070. The molecule has 8 aromatic rings. The van der Waals surface area contributed by atoms with E-state index in [1.807, 2.05) is 0 Å². The predicted octanol–water partition coefficient (Wildman–Crippen LogP) is 8.29. The molecular weight excluding hydrogens is 488 g/mol. The van der Waals surface area contributed by atoms with Gasteiger partial charge in [0.1, 0.15) is 0 Å². The predicted molar refractivity (Wildman–Crippen MR) is 164 cm³/mol. The fraction of sp³-hybridized carbons (Fsp3) is 0.111. The molecule has 40 heavy (non-hydrogen) atoms. The van der Waals surface area contributed by atoms with E-state index in [0.29, 0.717) is 0 Å². The number of para-hydroxylation sites is 4. The van der Waals surface area contributed by atoms with Gasteiger partial charge < -0.3 is 19.9 Å². The van der Waals surface area contributed by atoms with Crippen molar-refractivity contribution in [2.75, 3.05) is 0 Å². The summed E-state index contributed by atoms with van der Waals surface area (Å²) in [5.74, 6) is 0. The third-order valence-electron chi connectivity index (χ3n) is 8.72. The topological polar surface area (TPSA) is 63.2 Å². The third-order valence-corrected chi connectivity index (χ3v) is 8.72. The van der Waals surface area contributed by atoms with Gasteiger partial charge in [-0.1, -0.05) is 72.8 Å². The van der Waals surface area contributed by atoms with Gasteiger partial charge in [-0.2, -0.15) is 0 Å². The minimum absolute atomic E-state index is 0.841. The van der Waals surface area contributed by atoms with Crippen molar-refractivity contribution in [1.29, 1.82) is 0 Å². The summed E-state index contributed by atoms with van der Waals surface area (Å²) in [4.78, 5) is 15.1. The second-order valence-corrected chi connectivity index (χ2v) is 11.4. The number of benzene rings is 4. The van der Waals surface area contributed by atoms with E-state index < -0.39 is 0 Å². The maximum Gasteiger partial charge on any atom is 0.0492 e. The van der Waals surface area contributed by atoms with E-state index >= 15 is 0 Å². The van der Waals surface area contributed by atoms with Crippen molar-refractivity contribution in [2.45, 2.75) is 25.7 Å². The lowest BCUT2D eigenvalue weighted by molar-refractivity contribution is 1.06. The van der Waals surface area contributed by atoms with Crippen molar-refractivity contribution < 1.29 is 0 Å². The summed E-state index contributed by atoms with van der Waals surface area (Å²) in [6.45, 7) is 0. The average Bonchev–Trinajstić information content (AvgIpc) is 3.73. The van der Waals surface area contributed by atoms with Gasteiger partial charge in [-0.05, 0) is 68.1 Å². The van der Waals surface area contributed by atoms with Crippen LogP contribution < -0.4 is 0 Å². The van der Waals surface area contributed by atoms with Crippen LogP contribution in [0.5, 0.6) is 0 Å². The highest BCUT2D eigenvalue weighted by Crippen LogP contribution is 2.30. The highest BCUT2D eigenvalue weighted by atomic mass is 14.8. The summed E-state index contributed by atoms with van der Waals surface area (Å²) in [6, 6.07) is 35.9. The van der Waals surface area contributed by atoms with Crippen LogP contribution in [0.4, 0.5) is 0 Å². The Kier molecular flexibility index (Phi) is 4.53. The lowest BCUT2D eigenvalue weighted by atomic mass is 10.0. The van der Waals surface area contributed by atoms with Crippen LogP contribution in [0.2, 0.25) is 0 Å². The molecule has 1 aliphatic rings. The van der Waals surface area contributed by atoms with E-state index in [-0.39, 0.29) is 0 Å². The number of rotatable bonds is 0. The van der Waals surface area contributed by atoms with Crippen molar-refractivity contribution in [1.82, 2.24) is 19.9 Å². The van der Waals surface area contributed by atoms with E-state index in [4.69, 9.17) is 0 Å². The molecule has 4 aromatic heterocycles. The molecule has 9 rings (SSSR count). The number of nitrogens with one attached hydrogen (secondary N) is 4. The van der Waals surface area contributed by atoms with E-state index in [2.05, 4.69) is 117 Å². The standard InChI is InChI=1S/C36H28N4/c1-5-21-13-22-6-2-8-24-15-30(38-34(22)24)17-26-10-4-12-28-19-32(40-36(26)28)20-31-18-27-11-3-9-25(35(27)39-31)16-29-14-23(7-1)33(21)37-29/h1-12,14-15,18-19,37-40H,13,16-17,20H2. The number of fused-ring (bicyclic) bond motifs is 4. The Balaban J connectivity index is 1.26. The first-order chi connectivity index (χ1) is 19.7. The maximum atomic E-state index is 3.80. The Morgan fingerprint density at radius 2 is 0.625 bits per heavy atom. The summed E-state index contributed by atoms with van der Waals surface area (Å²) in [7, 11) is 0. The Morgan fingerprint density at radius 3 is 0.975 bits per heavy atom. The van der Waals surface area contributed by atoms with Gasteiger partial charge in [-0.15, -0.1) is 0 Å². The van der Waals surface area contributed by atoms with Crippen LogP contribution in [0.25, 0.3) is 43.6 Å². The van der Waals surface area contributed by atoms with Crippen molar-refractivity contribution >= 4 is 43.6 Å². The molecule has 1 aliphatic heterocycles. The minimum Gasteiger partial charge on any atom is -0.358 e. The molecule has 4 heteroatoms. The normalized spacial score (nSPS) is 13.6. The molecule has 0 amide bonds. The smallest absolute Gasteiger partial charge is 0.0492 e. The molecule has 0 aliphatic carbocycles. The van der Waals surface area contributed by atoms with Crippen LogP contribution in [0.1, 0.15) is 45.0 Å². The first kappa shape index (κ1) is 21.9. The Morgan fingerprint density at radius 1 is 0.325 bits per heavy atom. The highest BCUT2D eigenvalue weighted by Gasteiger charge is 2.15. The fourth-order valence-electron chi connectivity index (χ4n) is 6.90. The van der Waals surface area contributed by atoms with Crippen molar-refractivity contribution in [3.63, 3.8) is 0 Å². The Labute approximate surface area is 231 Å². The van der Waals surface area contributed by atoms with Gasteiger partial charge in [-0.3, -0.25) is 0 Å². The lowest BCUT2D eigenvalue weighted by Crippen LogP contribution is -1.94. The van der Waals surface area contributed by atoms with Gasteiger partial charge in [0.05, 0.1) is 0 Å². The van der Waals surface area contributed by atoms with Crippen LogP contribution in [-0.2, 0) is 25.7 Å². The molecule has 8 bridgehead atoms. The molecule has 0 spiro atoms. The zero-order valence-corrected chi connectivity index (χ0v) is 22.1. The van der Waals surface area contributed by atoms with Crippen LogP contribution in [-0.4, -0.2) is 19.9 Å². The SMILES string of the molecule is c1cc2c3[nH]c(cc3c1)Cc1cc3cccc(c3[nH]1)Cc1cc3cccc(c3[nH]1)Cc1cccc3cc([nH]c13)C2. The number of hydrogen-bond acceptors (Lipinski definition) is 0. The molecule has 0 saturated carbocycles. The molecule has 4 N–H and O–H groups in total. The van der Waals surface area contributed by atoms with Crippen molar-refractivity contribution in [3.05, 3.63) is 142 Å². The van der Waals surface area contributed by atoms with Gasteiger partial charge in [0, 0.05) is 70.5 Å². The number of H-pyrrole nitrogens is 4. The first-order valence-electron chi connectivity index (χ1n) is 14.1. The fourth-order valence-corrected chi connectivity index (χ4v) is 6.90. The van der Waals surface area contributed by atoms with Gasteiger partial charge >= 0.3 is 0 Å². The van der Waals surface area contributed by atoms with Crippen molar-refractivity contribution in [3.8, 4) is 0 Å². The molecule has 4 nitrogen and oxygen atoms in total. The second kappa shape index (κ2) is 8.27. The average molecular weight is 517 g/mol. The zero-order valence-electron chi connectivity index (χ0n) is 22.1. The van der Waals surface area contributed by atoms with Crippen LogP contribution >= 0.6 is 0 Å². The molecule has 5 heterocycles. The summed E-state index contributed by atoms with van der Waals surface area (Å²) in [5, 5.41) is 5.07. The molecule has 192 valence electrons. The second-order valence-electron chi connectivity index (χ2n) is 11.4. The molecule has 0 saturated heterocycles. The molecule has 0 radical (unpaired) electrons. The third kappa shape index (κ3) is 3.46. The summed E-state index contributed by atoms with van der Waals surface area (Å²) in [6.07, 6.45) is 3.43. The van der Waals surface area contributed by atoms with Crippen LogP contribution in [0.3, 0.4) is 0 Å². The van der Waals surface area contributed by atoms with E-state index in [1.54, 1.807) is 0 Å². The summed E-state index contributed by atoms with van der Waals surface area (Å²) < 4.78 is 0. The number of aromatic amines is 4. The van der Waals surface area contributed by atoms with Crippen molar-refractivity contribution in [2.24, 2.45) is 0 Å². The highest BCUT2D eigenvalue weighted by molar-refractivity contribution is 5.89. The minimum atomic E-state index is 0.841. The number of aromatic nitrogens is 4. The summed E-state index contributed by atoms with van der Waals surface area (Å²) in [5.41, 5.74) is 15.2. The van der Waals surface area contributed by atoms with Gasteiger partial charge in [0.25, 0.3) is 0 Å². The molecule has 0 unspecified atom stereocenters. The van der Waals surface area contributed by atoms with E-state index in [0.717, 1.165) is 25.7 Å². The first-order valence-corrected chi connectivity index (χ1v) is 14.1. The largest absolute Gasteiger partial charge is 0.358 e. The monoisotopic (exact) mass is 516 g/mol. The number of hydrogen-bond donors (Lipinski definition) is 4. The maximum absolute atomic E-state index is 3.80. The van der Waals surface area contributed by atoms with Gasteiger partial charge in [-0.25, -0.2) is 0 Å². The molecule has 0 atom stereocenters. The summed E-state index contributed by atoms with van der Waals surface area (Å²) >= 11 is 0. The molecule has 4 aromatic carbocycles. The zero-order chi connectivity index (χ0) is 26.2. The van der Waals surface area contributed by atoms with Gasteiger partial charge in [0.15, 0.2) is 0 Å². The van der Waals surface area contributed by atoms with Crippen LogP contribution in [0, 0.1) is 0 Å². The van der Waals surface area contributed by atoms with E-state index in [1.165, 1.54) is 88.6 Å². The van der Waals surface area contributed by atoms with E-state index in [9.17, 15) is 0 Å². The van der Waals surface area contributed by atoms with Gasteiger partial charge in [0.2, 0.25) is 0 Å². The Hall–Kier alpha value is -4.96.